The van der Waals surface area contributed by atoms with E-state index in [1.165, 1.54) is 12.3 Å². The zero-order valence-electron chi connectivity index (χ0n) is 11.2. The maximum Gasteiger partial charge on any atom is 0.433 e. The monoisotopic (exact) mass is 285 g/mol. The van der Waals surface area contributed by atoms with Crippen LogP contribution in [0, 0.1) is 5.41 Å². The van der Waals surface area contributed by atoms with Gasteiger partial charge in [0.05, 0.1) is 0 Å². The summed E-state index contributed by atoms with van der Waals surface area (Å²) < 4.78 is 38.1. The van der Waals surface area contributed by atoms with Crippen molar-refractivity contribution in [3.8, 4) is 0 Å². The van der Waals surface area contributed by atoms with Crippen molar-refractivity contribution in [2.75, 3.05) is 31.1 Å². The number of nitrogens with zero attached hydrogens (tertiary/aromatic N) is 2. The fourth-order valence-corrected chi connectivity index (χ4v) is 3.29. The normalized spacial score (nSPS) is 22.4. The molecule has 0 aliphatic carbocycles. The zero-order valence-corrected chi connectivity index (χ0v) is 11.2. The second-order valence-corrected chi connectivity index (χ2v) is 5.82. The summed E-state index contributed by atoms with van der Waals surface area (Å²) >= 11 is 0. The Balaban J connectivity index is 1.77. The number of anilines is 1. The van der Waals surface area contributed by atoms with Gasteiger partial charge in [0.25, 0.3) is 0 Å². The van der Waals surface area contributed by atoms with E-state index in [2.05, 4.69) is 15.2 Å². The second kappa shape index (κ2) is 4.91. The van der Waals surface area contributed by atoms with E-state index in [1.54, 1.807) is 6.07 Å². The van der Waals surface area contributed by atoms with E-state index in [9.17, 15) is 13.2 Å². The Kier molecular flexibility index (Phi) is 3.36. The number of nitrogens with one attached hydrogen (secondary N) is 1. The standard InChI is InChI=1S/C14H18F3N3/c15-14(16,17)12-9-11(1-5-19-12)20-8-4-13(10-20)2-6-18-7-3-13/h1,5,9,18H,2-4,6-8,10H2. The number of pyridine rings is 1. The molecule has 1 aromatic rings. The number of hydrogen-bond acceptors (Lipinski definition) is 3. The van der Waals surface area contributed by atoms with Crippen molar-refractivity contribution < 1.29 is 13.2 Å². The van der Waals surface area contributed by atoms with Crippen LogP contribution >= 0.6 is 0 Å². The molecule has 110 valence electrons. The lowest BCUT2D eigenvalue weighted by Gasteiger charge is -2.34. The minimum absolute atomic E-state index is 0.285. The fourth-order valence-electron chi connectivity index (χ4n) is 3.29. The Morgan fingerprint density at radius 2 is 1.95 bits per heavy atom. The van der Waals surface area contributed by atoms with E-state index in [0.717, 1.165) is 45.4 Å². The Morgan fingerprint density at radius 1 is 1.20 bits per heavy atom. The summed E-state index contributed by atoms with van der Waals surface area (Å²) in [5.41, 5.74) is 0.122. The van der Waals surface area contributed by atoms with Crippen LogP contribution in [0.25, 0.3) is 0 Å². The van der Waals surface area contributed by atoms with Crippen molar-refractivity contribution in [3.05, 3.63) is 24.0 Å². The highest BCUT2D eigenvalue weighted by molar-refractivity contribution is 5.48. The molecule has 2 aliphatic heterocycles. The molecule has 1 spiro atoms. The molecule has 3 heterocycles. The van der Waals surface area contributed by atoms with Crippen LogP contribution in [0.2, 0.25) is 0 Å². The molecule has 1 aromatic heterocycles. The van der Waals surface area contributed by atoms with Crippen LogP contribution in [0.1, 0.15) is 25.0 Å². The van der Waals surface area contributed by atoms with Crippen molar-refractivity contribution in [2.45, 2.75) is 25.4 Å². The van der Waals surface area contributed by atoms with Crippen LogP contribution in [0.4, 0.5) is 18.9 Å². The smallest absolute Gasteiger partial charge is 0.371 e. The van der Waals surface area contributed by atoms with Gasteiger partial charge < -0.3 is 10.2 Å². The Bertz CT molecular complexity index is 481. The summed E-state index contributed by atoms with van der Waals surface area (Å²) in [6.07, 6.45) is 0.174. The third-order valence-electron chi connectivity index (χ3n) is 4.50. The van der Waals surface area contributed by atoms with Gasteiger partial charge in [-0.25, -0.2) is 0 Å². The summed E-state index contributed by atoms with van der Waals surface area (Å²) in [4.78, 5) is 5.50. The van der Waals surface area contributed by atoms with Crippen molar-refractivity contribution in [3.63, 3.8) is 0 Å². The highest BCUT2D eigenvalue weighted by Crippen LogP contribution is 2.41. The molecule has 0 unspecified atom stereocenters. The topological polar surface area (TPSA) is 28.2 Å². The first-order chi connectivity index (χ1) is 9.49. The van der Waals surface area contributed by atoms with Crippen LogP contribution in [-0.4, -0.2) is 31.2 Å². The van der Waals surface area contributed by atoms with Gasteiger partial charge in [0.1, 0.15) is 5.69 Å². The maximum absolute atomic E-state index is 12.7. The molecule has 0 saturated carbocycles. The predicted molar refractivity (Wildman–Crippen MR) is 70.6 cm³/mol. The summed E-state index contributed by atoms with van der Waals surface area (Å²) in [6, 6.07) is 2.84. The van der Waals surface area contributed by atoms with Crippen LogP contribution in [0.5, 0.6) is 0 Å². The van der Waals surface area contributed by atoms with E-state index in [1.807, 2.05) is 0 Å². The molecule has 0 aromatic carbocycles. The van der Waals surface area contributed by atoms with Crippen molar-refractivity contribution in [2.24, 2.45) is 5.41 Å². The van der Waals surface area contributed by atoms with Gasteiger partial charge in [-0.1, -0.05) is 0 Å². The van der Waals surface area contributed by atoms with Crippen LogP contribution in [0.3, 0.4) is 0 Å². The molecule has 0 bridgehead atoms. The molecular formula is C14H18F3N3. The number of rotatable bonds is 1. The Labute approximate surface area is 116 Å². The molecule has 2 fully saturated rings. The van der Waals surface area contributed by atoms with Crippen molar-refractivity contribution >= 4 is 5.69 Å². The average molecular weight is 285 g/mol. The molecule has 6 heteroatoms. The van der Waals surface area contributed by atoms with Gasteiger partial charge in [-0.3, -0.25) is 4.98 Å². The first kappa shape index (κ1) is 13.7. The minimum atomic E-state index is -4.37. The molecular weight excluding hydrogens is 267 g/mol. The summed E-state index contributed by atoms with van der Waals surface area (Å²) in [5.74, 6) is 0. The summed E-state index contributed by atoms with van der Waals surface area (Å²) in [6.45, 7) is 3.72. The second-order valence-electron chi connectivity index (χ2n) is 5.82. The minimum Gasteiger partial charge on any atom is -0.371 e. The number of hydrogen-bond donors (Lipinski definition) is 1. The Morgan fingerprint density at radius 3 is 2.65 bits per heavy atom. The highest BCUT2D eigenvalue weighted by atomic mass is 19.4. The van der Waals surface area contributed by atoms with Gasteiger partial charge >= 0.3 is 6.18 Å². The summed E-state index contributed by atoms with van der Waals surface area (Å²) in [5, 5.41) is 3.34. The quantitative estimate of drug-likeness (QED) is 0.860. The lowest BCUT2D eigenvalue weighted by Crippen LogP contribution is -2.38. The van der Waals surface area contributed by atoms with E-state index in [4.69, 9.17) is 0 Å². The fraction of sp³-hybridized carbons (Fsp3) is 0.643. The molecule has 0 amide bonds. The average Bonchev–Trinajstić information content (AvgIpc) is 2.83. The number of halogens is 3. The van der Waals surface area contributed by atoms with Crippen molar-refractivity contribution in [1.29, 1.82) is 0 Å². The lowest BCUT2D eigenvalue weighted by atomic mass is 9.78. The zero-order chi connectivity index (χ0) is 14.2. The highest BCUT2D eigenvalue weighted by Gasteiger charge is 2.39. The largest absolute Gasteiger partial charge is 0.433 e. The SMILES string of the molecule is FC(F)(F)c1cc(N2CCC3(CCNCC3)C2)ccn1. The van der Waals surface area contributed by atoms with Gasteiger partial charge in [0.15, 0.2) is 0 Å². The predicted octanol–water partition coefficient (Wildman–Crippen LogP) is 2.68. The van der Waals surface area contributed by atoms with Gasteiger partial charge in [0.2, 0.25) is 0 Å². The Hall–Kier alpha value is -1.30. The van der Waals surface area contributed by atoms with E-state index in [0.29, 0.717) is 5.69 Å². The molecule has 0 atom stereocenters. The van der Waals surface area contributed by atoms with Crippen LogP contribution in [0.15, 0.2) is 18.3 Å². The first-order valence-corrected chi connectivity index (χ1v) is 6.98. The van der Waals surface area contributed by atoms with E-state index < -0.39 is 11.9 Å². The number of aromatic nitrogens is 1. The molecule has 2 saturated heterocycles. The van der Waals surface area contributed by atoms with Crippen molar-refractivity contribution in [1.82, 2.24) is 10.3 Å². The summed E-state index contributed by atoms with van der Waals surface area (Å²) in [7, 11) is 0. The van der Waals surface area contributed by atoms with Crippen LogP contribution in [-0.2, 0) is 6.18 Å². The third-order valence-corrected chi connectivity index (χ3v) is 4.50. The third kappa shape index (κ3) is 2.61. The lowest BCUT2D eigenvalue weighted by molar-refractivity contribution is -0.141. The van der Waals surface area contributed by atoms with Gasteiger partial charge in [-0.05, 0) is 49.9 Å². The molecule has 0 radical (unpaired) electrons. The molecule has 3 rings (SSSR count). The van der Waals surface area contributed by atoms with Crippen LogP contribution < -0.4 is 10.2 Å². The first-order valence-electron chi connectivity index (χ1n) is 6.98. The van der Waals surface area contributed by atoms with E-state index >= 15 is 0 Å². The van der Waals surface area contributed by atoms with Gasteiger partial charge in [-0.2, -0.15) is 13.2 Å². The number of alkyl halides is 3. The number of piperidine rings is 1. The van der Waals surface area contributed by atoms with Gasteiger partial charge in [-0.15, -0.1) is 0 Å². The van der Waals surface area contributed by atoms with E-state index in [-0.39, 0.29) is 5.41 Å². The maximum atomic E-state index is 12.7. The molecule has 3 nitrogen and oxygen atoms in total. The molecule has 20 heavy (non-hydrogen) atoms. The molecule has 2 aliphatic rings. The molecule has 1 N–H and O–H groups in total. The van der Waals surface area contributed by atoms with Gasteiger partial charge in [0, 0.05) is 25.0 Å².